The number of carbonyl (C=O) groups excluding carboxylic acids is 1. The summed E-state index contributed by atoms with van der Waals surface area (Å²) in [4.78, 5) is 15.5. The fourth-order valence-electron chi connectivity index (χ4n) is 4.58. The number of benzene rings is 2. The van der Waals surface area contributed by atoms with Crippen molar-refractivity contribution in [3.63, 3.8) is 0 Å². The third-order valence-electron chi connectivity index (χ3n) is 6.42. The van der Waals surface area contributed by atoms with Crippen LogP contribution >= 0.6 is 0 Å². The van der Waals surface area contributed by atoms with Crippen molar-refractivity contribution in [2.24, 2.45) is 0 Å². The van der Waals surface area contributed by atoms with Crippen molar-refractivity contribution in [1.82, 2.24) is 14.7 Å². The molecule has 1 saturated heterocycles. The van der Waals surface area contributed by atoms with Crippen LogP contribution in [0.4, 0.5) is 4.39 Å². The zero-order chi connectivity index (χ0) is 23.4. The smallest absolute Gasteiger partial charge is 0.257 e. The van der Waals surface area contributed by atoms with Crippen LogP contribution in [0.2, 0.25) is 0 Å². The van der Waals surface area contributed by atoms with E-state index in [-0.39, 0.29) is 17.8 Å². The first-order valence-electron chi connectivity index (χ1n) is 11.3. The van der Waals surface area contributed by atoms with E-state index in [0.717, 1.165) is 44.2 Å². The van der Waals surface area contributed by atoms with E-state index in [0.29, 0.717) is 28.4 Å². The maximum Gasteiger partial charge on any atom is 0.257 e. The van der Waals surface area contributed by atoms with Crippen molar-refractivity contribution in [3.8, 4) is 17.2 Å². The summed E-state index contributed by atoms with van der Waals surface area (Å²) in [5, 5.41) is 4.32. The third kappa shape index (κ3) is 4.72. The Morgan fingerprint density at radius 1 is 1.12 bits per heavy atom. The number of methoxy groups -OCH3 is 2. The third-order valence-corrected chi connectivity index (χ3v) is 6.42. The lowest BCUT2D eigenvalue weighted by molar-refractivity contribution is 0.0601. The summed E-state index contributed by atoms with van der Waals surface area (Å²) < 4.78 is 26.5. The molecule has 2 aromatic carbocycles. The highest BCUT2D eigenvalue weighted by Gasteiger charge is 2.29. The van der Waals surface area contributed by atoms with Gasteiger partial charge in [-0.3, -0.25) is 4.79 Å². The molecule has 6 nitrogen and oxygen atoms in total. The van der Waals surface area contributed by atoms with Crippen molar-refractivity contribution in [3.05, 3.63) is 71.3 Å². The topological polar surface area (TPSA) is 56.6 Å². The van der Waals surface area contributed by atoms with Crippen LogP contribution in [0.15, 0.2) is 48.7 Å². The molecule has 1 atom stereocenters. The molecule has 174 valence electrons. The van der Waals surface area contributed by atoms with Crippen molar-refractivity contribution >= 4 is 5.91 Å². The van der Waals surface area contributed by atoms with Gasteiger partial charge >= 0.3 is 0 Å². The zero-order valence-electron chi connectivity index (χ0n) is 19.4. The second-order valence-corrected chi connectivity index (χ2v) is 8.38. The summed E-state index contributed by atoms with van der Waals surface area (Å²) in [6.07, 6.45) is 6.32. The first-order valence-corrected chi connectivity index (χ1v) is 11.3. The van der Waals surface area contributed by atoms with E-state index in [9.17, 15) is 9.18 Å². The normalized spacial score (nSPS) is 16.0. The van der Waals surface area contributed by atoms with Crippen LogP contribution in [0.3, 0.4) is 0 Å². The van der Waals surface area contributed by atoms with Gasteiger partial charge in [0.05, 0.1) is 31.7 Å². The van der Waals surface area contributed by atoms with E-state index in [1.54, 1.807) is 38.6 Å². The second-order valence-electron chi connectivity index (χ2n) is 8.38. The molecule has 1 fully saturated rings. The quantitative estimate of drug-likeness (QED) is 0.509. The van der Waals surface area contributed by atoms with E-state index < -0.39 is 0 Å². The van der Waals surface area contributed by atoms with Gasteiger partial charge in [0.1, 0.15) is 11.5 Å². The minimum atomic E-state index is -0.367. The number of piperidine rings is 1. The number of hydrogen-bond acceptors (Lipinski definition) is 4. The maximum atomic E-state index is 14.3. The lowest BCUT2D eigenvalue weighted by Gasteiger charge is -2.36. The molecule has 33 heavy (non-hydrogen) atoms. The van der Waals surface area contributed by atoms with Crippen LogP contribution in [0.5, 0.6) is 11.5 Å². The molecule has 0 bridgehead atoms. The summed E-state index contributed by atoms with van der Waals surface area (Å²) in [7, 11) is 3.26. The van der Waals surface area contributed by atoms with Crippen LogP contribution in [0.1, 0.15) is 47.3 Å². The van der Waals surface area contributed by atoms with Crippen LogP contribution in [-0.4, -0.2) is 47.4 Å². The van der Waals surface area contributed by atoms with Crippen molar-refractivity contribution < 1.29 is 18.7 Å². The van der Waals surface area contributed by atoms with E-state index in [2.05, 4.69) is 5.10 Å². The zero-order valence-corrected chi connectivity index (χ0v) is 19.4. The number of carbonyl (C=O) groups is 1. The fourth-order valence-corrected chi connectivity index (χ4v) is 4.58. The Balaban J connectivity index is 1.51. The number of amides is 1. The summed E-state index contributed by atoms with van der Waals surface area (Å²) in [6.45, 7) is 2.54. The summed E-state index contributed by atoms with van der Waals surface area (Å²) in [6, 6.07) is 12.6. The largest absolute Gasteiger partial charge is 0.493 e. The minimum Gasteiger partial charge on any atom is -0.493 e. The lowest BCUT2D eigenvalue weighted by atomic mass is 9.95. The minimum absolute atomic E-state index is 0.0351. The molecule has 4 rings (SSSR count). The lowest BCUT2D eigenvalue weighted by Crippen LogP contribution is -2.44. The summed E-state index contributed by atoms with van der Waals surface area (Å²) in [5.41, 5.74) is 2.66. The molecule has 0 saturated carbocycles. The summed E-state index contributed by atoms with van der Waals surface area (Å²) in [5.74, 6) is 1.02. The van der Waals surface area contributed by atoms with Gasteiger partial charge in [-0.05, 0) is 68.9 Å². The number of ether oxygens (including phenoxy) is 2. The highest BCUT2D eigenvalue weighted by Crippen LogP contribution is 2.30. The fraction of sp³-hybridized carbons (Fsp3) is 0.385. The molecule has 0 spiro atoms. The molecule has 7 heteroatoms. The SMILES string of the molecule is COc1ccc(CCC2CCCCN2C(=O)c2cnn(-c3ccccc3F)c2C)cc1OC. The first-order chi connectivity index (χ1) is 16.0. The van der Waals surface area contributed by atoms with Gasteiger partial charge in [0.2, 0.25) is 0 Å². The molecule has 2 heterocycles. The molecule has 1 aliphatic heterocycles. The van der Waals surface area contributed by atoms with Gasteiger partial charge in [-0.2, -0.15) is 5.10 Å². The molecule has 0 N–H and O–H groups in total. The van der Waals surface area contributed by atoms with Gasteiger partial charge in [0.25, 0.3) is 5.91 Å². The number of aromatic nitrogens is 2. The predicted molar refractivity (Wildman–Crippen MR) is 125 cm³/mol. The first kappa shape index (κ1) is 22.8. The molecule has 0 aliphatic carbocycles. The van der Waals surface area contributed by atoms with Gasteiger partial charge in [0.15, 0.2) is 11.5 Å². The van der Waals surface area contributed by atoms with E-state index >= 15 is 0 Å². The number of para-hydroxylation sites is 1. The Kier molecular flexibility index (Phi) is 6.96. The average molecular weight is 452 g/mol. The Morgan fingerprint density at radius 3 is 2.67 bits per heavy atom. The van der Waals surface area contributed by atoms with Gasteiger partial charge in [-0.25, -0.2) is 9.07 Å². The van der Waals surface area contributed by atoms with E-state index in [1.807, 2.05) is 30.0 Å². The van der Waals surface area contributed by atoms with E-state index in [4.69, 9.17) is 9.47 Å². The molecule has 1 aromatic heterocycles. The Bertz CT molecular complexity index is 1130. The maximum absolute atomic E-state index is 14.3. The Morgan fingerprint density at radius 2 is 1.91 bits per heavy atom. The summed E-state index contributed by atoms with van der Waals surface area (Å²) >= 11 is 0. The molecular formula is C26H30FN3O3. The van der Waals surface area contributed by atoms with Crippen LogP contribution in [0, 0.1) is 12.7 Å². The van der Waals surface area contributed by atoms with Gasteiger partial charge < -0.3 is 14.4 Å². The molecule has 1 unspecified atom stereocenters. The highest BCUT2D eigenvalue weighted by atomic mass is 19.1. The second kappa shape index (κ2) is 10.1. The number of halogens is 1. The number of aryl methyl sites for hydroxylation is 1. The number of likely N-dealkylation sites (tertiary alicyclic amines) is 1. The predicted octanol–water partition coefficient (Wildman–Crippen LogP) is 4.96. The van der Waals surface area contributed by atoms with Crippen molar-refractivity contribution in [2.45, 2.75) is 45.1 Å². The average Bonchev–Trinajstić information content (AvgIpc) is 3.23. The van der Waals surface area contributed by atoms with Crippen LogP contribution in [-0.2, 0) is 6.42 Å². The molecule has 1 amide bonds. The Labute approximate surface area is 193 Å². The van der Waals surface area contributed by atoms with Gasteiger partial charge in [0, 0.05) is 12.6 Å². The van der Waals surface area contributed by atoms with Gasteiger partial charge in [-0.15, -0.1) is 0 Å². The van der Waals surface area contributed by atoms with Crippen LogP contribution < -0.4 is 9.47 Å². The van der Waals surface area contributed by atoms with Crippen molar-refractivity contribution in [1.29, 1.82) is 0 Å². The van der Waals surface area contributed by atoms with E-state index in [1.165, 1.54) is 10.7 Å². The Hall–Kier alpha value is -3.35. The number of rotatable bonds is 7. The standard InChI is InChI=1S/C26H30FN3O3/c1-18-21(17-28-30(18)23-10-5-4-9-22(23)27)26(31)29-15-7-6-8-20(29)13-11-19-12-14-24(32-2)25(16-19)33-3/h4-5,9-10,12,14,16-17,20H,6-8,11,13,15H2,1-3H3. The van der Waals surface area contributed by atoms with Crippen LogP contribution in [0.25, 0.3) is 5.69 Å². The van der Waals surface area contributed by atoms with Crippen molar-refractivity contribution in [2.75, 3.05) is 20.8 Å². The molecule has 3 aromatic rings. The molecule has 1 aliphatic rings. The highest BCUT2D eigenvalue weighted by molar-refractivity contribution is 5.95. The monoisotopic (exact) mass is 451 g/mol. The molecule has 0 radical (unpaired) electrons. The number of nitrogens with zero attached hydrogens (tertiary/aromatic N) is 3. The molecular weight excluding hydrogens is 421 g/mol. The van der Waals surface area contributed by atoms with Gasteiger partial charge in [-0.1, -0.05) is 18.2 Å². The number of hydrogen-bond donors (Lipinski definition) is 0.